The summed E-state index contributed by atoms with van der Waals surface area (Å²) in [6, 6.07) is 11.6. The number of aryl methyl sites for hydroxylation is 2. The van der Waals surface area contributed by atoms with E-state index in [1.54, 1.807) is 7.11 Å². The lowest BCUT2D eigenvalue weighted by molar-refractivity contribution is -0.126. The van der Waals surface area contributed by atoms with Gasteiger partial charge >= 0.3 is 0 Å². The van der Waals surface area contributed by atoms with Gasteiger partial charge in [0.1, 0.15) is 5.75 Å². The molecule has 0 saturated carbocycles. The summed E-state index contributed by atoms with van der Waals surface area (Å²) in [5, 5.41) is 3.01. The number of halogens is 1. The van der Waals surface area contributed by atoms with Crippen LogP contribution in [0.1, 0.15) is 39.9 Å². The highest BCUT2D eigenvalue weighted by molar-refractivity contribution is 9.10. The Hall–Kier alpha value is -2.34. The van der Waals surface area contributed by atoms with E-state index in [1.165, 1.54) is 0 Å². The molecule has 0 aromatic heterocycles. The van der Waals surface area contributed by atoms with Gasteiger partial charge in [0.25, 0.3) is 5.91 Å². The summed E-state index contributed by atoms with van der Waals surface area (Å²) < 4.78 is 6.31. The van der Waals surface area contributed by atoms with Gasteiger partial charge in [-0.25, -0.2) is 0 Å². The van der Waals surface area contributed by atoms with E-state index < -0.39 is 0 Å². The second-order valence-corrected chi connectivity index (χ2v) is 8.56. The first kappa shape index (κ1) is 21.4. The molecule has 2 aromatic carbocycles. The summed E-state index contributed by atoms with van der Waals surface area (Å²) >= 11 is 3.45. The Morgan fingerprint density at radius 3 is 2.59 bits per heavy atom. The summed E-state index contributed by atoms with van der Waals surface area (Å²) in [6.07, 6.45) is 1.62. The number of hydrogen-bond acceptors (Lipinski definition) is 3. The molecule has 0 radical (unpaired) electrons. The minimum absolute atomic E-state index is 0.00274. The minimum Gasteiger partial charge on any atom is -0.496 e. The zero-order valence-electron chi connectivity index (χ0n) is 17.1. The highest BCUT2D eigenvalue weighted by Gasteiger charge is 2.29. The van der Waals surface area contributed by atoms with Crippen LogP contribution in [0.3, 0.4) is 0 Å². The zero-order valence-corrected chi connectivity index (χ0v) is 18.7. The van der Waals surface area contributed by atoms with Crippen molar-refractivity contribution < 1.29 is 14.3 Å². The van der Waals surface area contributed by atoms with Crippen molar-refractivity contribution in [2.24, 2.45) is 5.92 Å². The van der Waals surface area contributed by atoms with Crippen molar-refractivity contribution in [3.05, 3.63) is 63.1 Å². The summed E-state index contributed by atoms with van der Waals surface area (Å²) in [5.41, 5.74) is 3.75. The Kier molecular flexibility index (Phi) is 6.96. The Bertz CT molecular complexity index is 893. The lowest BCUT2D eigenvalue weighted by Crippen LogP contribution is -2.45. The fourth-order valence-electron chi connectivity index (χ4n) is 3.87. The highest BCUT2D eigenvalue weighted by Crippen LogP contribution is 2.24. The quantitative estimate of drug-likeness (QED) is 0.728. The normalized spacial score (nSPS) is 16.4. The highest BCUT2D eigenvalue weighted by atomic mass is 79.9. The average molecular weight is 459 g/mol. The van der Waals surface area contributed by atoms with Crippen LogP contribution < -0.4 is 10.1 Å². The first-order chi connectivity index (χ1) is 13.9. The van der Waals surface area contributed by atoms with Crippen LogP contribution in [0, 0.1) is 19.8 Å². The first-order valence-corrected chi connectivity index (χ1v) is 10.6. The van der Waals surface area contributed by atoms with Crippen LogP contribution in [0.2, 0.25) is 0 Å². The van der Waals surface area contributed by atoms with Gasteiger partial charge in [-0.05, 0) is 57.0 Å². The third kappa shape index (κ3) is 5.38. The molecule has 1 saturated heterocycles. The Labute approximate surface area is 180 Å². The van der Waals surface area contributed by atoms with Crippen molar-refractivity contribution in [1.82, 2.24) is 10.2 Å². The number of piperidine rings is 1. The van der Waals surface area contributed by atoms with E-state index in [0.717, 1.165) is 39.8 Å². The number of hydrogen-bond donors (Lipinski definition) is 1. The van der Waals surface area contributed by atoms with E-state index >= 15 is 0 Å². The predicted octanol–water partition coefficient (Wildman–Crippen LogP) is 4.24. The Morgan fingerprint density at radius 2 is 1.90 bits per heavy atom. The van der Waals surface area contributed by atoms with Gasteiger partial charge in [-0.2, -0.15) is 0 Å². The molecule has 29 heavy (non-hydrogen) atoms. The van der Waals surface area contributed by atoms with Gasteiger partial charge in [0.2, 0.25) is 5.91 Å². The molecule has 1 aliphatic heterocycles. The van der Waals surface area contributed by atoms with Gasteiger partial charge in [-0.1, -0.05) is 33.1 Å². The second-order valence-electron chi connectivity index (χ2n) is 7.64. The van der Waals surface area contributed by atoms with Gasteiger partial charge in [0.05, 0.1) is 13.0 Å². The molecule has 1 aliphatic rings. The first-order valence-electron chi connectivity index (χ1n) is 9.85. The molecule has 3 rings (SSSR count). The smallest absolute Gasteiger partial charge is 0.253 e. The lowest BCUT2D eigenvalue weighted by Gasteiger charge is -2.32. The predicted molar refractivity (Wildman–Crippen MR) is 117 cm³/mol. The van der Waals surface area contributed by atoms with Crippen molar-refractivity contribution in [1.29, 1.82) is 0 Å². The van der Waals surface area contributed by atoms with E-state index in [1.807, 2.05) is 49.1 Å². The number of nitrogens with one attached hydrogen (secondary N) is 1. The molecule has 1 heterocycles. The van der Waals surface area contributed by atoms with Crippen molar-refractivity contribution >= 4 is 27.7 Å². The summed E-state index contributed by atoms with van der Waals surface area (Å²) in [4.78, 5) is 27.5. The van der Waals surface area contributed by atoms with Gasteiger partial charge in [-0.15, -0.1) is 0 Å². The van der Waals surface area contributed by atoms with Crippen molar-refractivity contribution in [2.75, 3.05) is 20.2 Å². The second kappa shape index (κ2) is 9.44. The fourth-order valence-corrected chi connectivity index (χ4v) is 4.28. The molecule has 5 nitrogen and oxygen atoms in total. The molecular formula is C23H27BrN2O3. The molecule has 1 unspecified atom stereocenters. The maximum absolute atomic E-state index is 12.9. The van der Waals surface area contributed by atoms with Gasteiger partial charge < -0.3 is 15.0 Å². The van der Waals surface area contributed by atoms with Crippen LogP contribution in [0.4, 0.5) is 0 Å². The molecule has 6 heteroatoms. The van der Waals surface area contributed by atoms with Crippen molar-refractivity contribution in [2.45, 2.75) is 33.2 Å². The molecule has 154 valence electrons. The number of rotatable bonds is 5. The number of ether oxygens (including phenoxy) is 1. The molecule has 1 atom stereocenters. The van der Waals surface area contributed by atoms with Crippen molar-refractivity contribution in [3.8, 4) is 5.75 Å². The summed E-state index contributed by atoms with van der Waals surface area (Å²) in [5.74, 6) is 0.522. The molecule has 0 aliphatic carbocycles. The maximum atomic E-state index is 12.9. The van der Waals surface area contributed by atoms with E-state index in [9.17, 15) is 9.59 Å². The Morgan fingerprint density at radius 1 is 1.17 bits per heavy atom. The van der Waals surface area contributed by atoms with E-state index in [2.05, 4.69) is 27.3 Å². The number of amides is 2. The lowest BCUT2D eigenvalue weighted by atomic mass is 9.96. The number of nitrogens with zero attached hydrogens (tertiary/aromatic N) is 1. The van der Waals surface area contributed by atoms with Gasteiger partial charge in [0.15, 0.2) is 0 Å². The average Bonchev–Trinajstić information content (AvgIpc) is 2.71. The third-order valence-electron chi connectivity index (χ3n) is 5.24. The molecule has 2 aromatic rings. The molecular weight excluding hydrogens is 432 g/mol. The standard InChI is InChI=1S/C23H27BrN2O3/c1-15-9-16(2)11-18(10-15)23(28)26-8-4-5-17(14-26)22(27)25-13-19-12-20(24)6-7-21(19)29-3/h6-7,9-12,17H,4-5,8,13-14H2,1-3H3,(H,25,27). The van der Waals surface area contributed by atoms with Gasteiger partial charge in [-0.3, -0.25) is 9.59 Å². The number of carbonyl (C=O) groups excluding carboxylic acids is 2. The van der Waals surface area contributed by atoms with Crippen LogP contribution in [-0.2, 0) is 11.3 Å². The molecule has 2 amide bonds. The molecule has 1 fully saturated rings. The van der Waals surface area contributed by atoms with E-state index in [0.29, 0.717) is 25.2 Å². The number of likely N-dealkylation sites (tertiary alicyclic amines) is 1. The monoisotopic (exact) mass is 458 g/mol. The molecule has 1 N–H and O–H groups in total. The van der Waals surface area contributed by atoms with E-state index in [4.69, 9.17) is 4.74 Å². The van der Waals surface area contributed by atoms with Crippen LogP contribution >= 0.6 is 15.9 Å². The minimum atomic E-state index is -0.197. The van der Waals surface area contributed by atoms with Crippen LogP contribution in [0.5, 0.6) is 5.75 Å². The number of carbonyl (C=O) groups is 2. The van der Waals surface area contributed by atoms with Crippen LogP contribution in [-0.4, -0.2) is 36.9 Å². The van der Waals surface area contributed by atoms with E-state index in [-0.39, 0.29) is 17.7 Å². The topological polar surface area (TPSA) is 58.6 Å². The summed E-state index contributed by atoms with van der Waals surface area (Å²) in [7, 11) is 1.62. The van der Waals surface area contributed by atoms with Crippen LogP contribution in [0.15, 0.2) is 40.9 Å². The number of methoxy groups -OCH3 is 1. The largest absolute Gasteiger partial charge is 0.496 e. The van der Waals surface area contributed by atoms with Crippen LogP contribution in [0.25, 0.3) is 0 Å². The molecule has 0 bridgehead atoms. The number of benzene rings is 2. The summed E-state index contributed by atoms with van der Waals surface area (Å²) in [6.45, 7) is 5.52. The van der Waals surface area contributed by atoms with Crippen molar-refractivity contribution in [3.63, 3.8) is 0 Å². The fraction of sp³-hybridized carbons (Fsp3) is 0.391. The Balaban J connectivity index is 1.63. The third-order valence-corrected chi connectivity index (χ3v) is 5.74. The maximum Gasteiger partial charge on any atom is 0.253 e. The zero-order chi connectivity index (χ0) is 21.0. The SMILES string of the molecule is COc1ccc(Br)cc1CNC(=O)C1CCCN(C(=O)c2cc(C)cc(C)c2)C1. The molecule has 0 spiro atoms. The van der Waals surface area contributed by atoms with Gasteiger partial charge in [0, 0.05) is 35.2 Å².